The highest BCUT2D eigenvalue weighted by molar-refractivity contribution is 5.75. The minimum atomic E-state index is -0.311. The van der Waals surface area contributed by atoms with Gasteiger partial charge in [0.05, 0.1) is 0 Å². The SMILES string of the molecule is Cc1ccnc2oc(-c3cccc(F)c3)nc12. The van der Waals surface area contributed by atoms with Gasteiger partial charge in [-0.05, 0) is 36.8 Å². The van der Waals surface area contributed by atoms with E-state index in [4.69, 9.17) is 4.42 Å². The summed E-state index contributed by atoms with van der Waals surface area (Å²) < 4.78 is 18.6. The van der Waals surface area contributed by atoms with E-state index in [0.29, 0.717) is 22.7 Å². The molecule has 0 aliphatic carbocycles. The van der Waals surface area contributed by atoms with E-state index in [-0.39, 0.29) is 5.82 Å². The van der Waals surface area contributed by atoms with E-state index in [9.17, 15) is 4.39 Å². The first-order valence-corrected chi connectivity index (χ1v) is 5.22. The first kappa shape index (κ1) is 9.96. The van der Waals surface area contributed by atoms with Gasteiger partial charge in [-0.2, -0.15) is 0 Å². The number of rotatable bonds is 1. The molecular weight excluding hydrogens is 219 g/mol. The number of halogens is 1. The first-order valence-electron chi connectivity index (χ1n) is 5.22. The molecule has 0 saturated heterocycles. The van der Waals surface area contributed by atoms with E-state index in [1.165, 1.54) is 12.1 Å². The quantitative estimate of drug-likeness (QED) is 0.641. The summed E-state index contributed by atoms with van der Waals surface area (Å²) in [6.45, 7) is 1.93. The molecule has 0 unspecified atom stereocenters. The first-order chi connectivity index (χ1) is 8.24. The number of hydrogen-bond acceptors (Lipinski definition) is 3. The van der Waals surface area contributed by atoms with E-state index in [1.807, 2.05) is 13.0 Å². The highest BCUT2D eigenvalue weighted by Crippen LogP contribution is 2.24. The molecule has 0 amide bonds. The van der Waals surface area contributed by atoms with Crippen molar-refractivity contribution in [2.75, 3.05) is 0 Å². The molecule has 0 saturated carbocycles. The maximum Gasteiger partial charge on any atom is 0.247 e. The second-order valence-electron chi connectivity index (χ2n) is 3.81. The summed E-state index contributed by atoms with van der Waals surface area (Å²) in [4.78, 5) is 8.42. The number of nitrogens with zero attached hydrogens (tertiary/aromatic N) is 2. The van der Waals surface area contributed by atoms with Crippen LogP contribution in [0.25, 0.3) is 22.7 Å². The van der Waals surface area contributed by atoms with Gasteiger partial charge in [0.2, 0.25) is 11.6 Å². The van der Waals surface area contributed by atoms with Gasteiger partial charge in [0.1, 0.15) is 11.3 Å². The summed E-state index contributed by atoms with van der Waals surface area (Å²) in [6, 6.07) is 8.01. The van der Waals surface area contributed by atoms with Gasteiger partial charge in [-0.1, -0.05) is 6.07 Å². The summed E-state index contributed by atoms with van der Waals surface area (Å²) in [5, 5.41) is 0. The van der Waals surface area contributed by atoms with Crippen LogP contribution in [0.15, 0.2) is 40.9 Å². The molecule has 1 aromatic carbocycles. The molecule has 0 fully saturated rings. The second kappa shape index (κ2) is 3.66. The Morgan fingerprint density at radius 3 is 2.88 bits per heavy atom. The minimum absolute atomic E-state index is 0.311. The molecule has 0 atom stereocenters. The lowest BCUT2D eigenvalue weighted by atomic mass is 10.2. The third-order valence-electron chi connectivity index (χ3n) is 2.57. The fourth-order valence-corrected chi connectivity index (χ4v) is 1.70. The van der Waals surface area contributed by atoms with Crippen LogP contribution in [-0.4, -0.2) is 9.97 Å². The lowest BCUT2D eigenvalue weighted by Gasteiger charge is -1.93. The molecule has 17 heavy (non-hydrogen) atoms. The van der Waals surface area contributed by atoms with Crippen molar-refractivity contribution in [2.45, 2.75) is 6.92 Å². The van der Waals surface area contributed by atoms with Crippen molar-refractivity contribution in [3.8, 4) is 11.5 Å². The number of aryl methyl sites for hydroxylation is 1. The summed E-state index contributed by atoms with van der Waals surface area (Å²) >= 11 is 0. The molecule has 0 N–H and O–H groups in total. The predicted molar refractivity (Wildman–Crippen MR) is 61.9 cm³/mol. The van der Waals surface area contributed by atoms with E-state index >= 15 is 0 Å². The Balaban J connectivity index is 2.22. The molecular formula is C13H9FN2O. The fourth-order valence-electron chi connectivity index (χ4n) is 1.70. The van der Waals surface area contributed by atoms with Crippen molar-refractivity contribution in [3.63, 3.8) is 0 Å². The second-order valence-corrected chi connectivity index (χ2v) is 3.81. The molecule has 0 spiro atoms. The summed E-state index contributed by atoms with van der Waals surface area (Å²) in [5.41, 5.74) is 2.79. The number of hydrogen-bond donors (Lipinski definition) is 0. The van der Waals surface area contributed by atoms with Crippen molar-refractivity contribution in [1.29, 1.82) is 0 Å². The number of pyridine rings is 1. The van der Waals surface area contributed by atoms with Crippen LogP contribution in [-0.2, 0) is 0 Å². The van der Waals surface area contributed by atoms with Crippen LogP contribution in [0.3, 0.4) is 0 Å². The molecule has 2 heterocycles. The molecule has 2 aromatic heterocycles. The van der Waals surface area contributed by atoms with Crippen molar-refractivity contribution >= 4 is 11.2 Å². The van der Waals surface area contributed by atoms with Gasteiger partial charge in [0.15, 0.2) is 0 Å². The Hall–Kier alpha value is -2.23. The van der Waals surface area contributed by atoms with Gasteiger partial charge in [0.25, 0.3) is 0 Å². The summed E-state index contributed by atoms with van der Waals surface area (Å²) in [7, 11) is 0. The Labute approximate surface area is 96.9 Å². The van der Waals surface area contributed by atoms with Crippen molar-refractivity contribution in [3.05, 3.63) is 47.9 Å². The maximum absolute atomic E-state index is 13.1. The van der Waals surface area contributed by atoms with Crippen LogP contribution in [0.4, 0.5) is 4.39 Å². The maximum atomic E-state index is 13.1. The molecule has 0 aliphatic rings. The molecule has 3 aromatic rings. The van der Waals surface area contributed by atoms with Crippen LogP contribution in [0.5, 0.6) is 0 Å². The number of fused-ring (bicyclic) bond motifs is 1. The standard InChI is InChI=1S/C13H9FN2O/c1-8-5-6-15-13-11(8)16-12(17-13)9-3-2-4-10(14)7-9/h2-7H,1H3. The summed E-state index contributed by atoms with van der Waals surface area (Å²) in [6.07, 6.45) is 1.66. The third kappa shape index (κ3) is 1.67. The molecule has 3 rings (SSSR count). The molecule has 3 nitrogen and oxygen atoms in total. The topological polar surface area (TPSA) is 38.9 Å². The summed E-state index contributed by atoms with van der Waals surface area (Å²) in [5.74, 6) is 0.0794. The Morgan fingerprint density at radius 1 is 1.24 bits per heavy atom. The number of oxazole rings is 1. The average molecular weight is 228 g/mol. The van der Waals surface area contributed by atoms with Crippen LogP contribution >= 0.6 is 0 Å². The van der Waals surface area contributed by atoms with E-state index in [0.717, 1.165) is 5.56 Å². The average Bonchev–Trinajstić information content (AvgIpc) is 2.74. The van der Waals surface area contributed by atoms with Gasteiger partial charge >= 0.3 is 0 Å². The van der Waals surface area contributed by atoms with Gasteiger partial charge in [0, 0.05) is 11.8 Å². The minimum Gasteiger partial charge on any atom is -0.418 e. The van der Waals surface area contributed by atoms with Gasteiger partial charge in [-0.25, -0.2) is 14.4 Å². The van der Waals surface area contributed by atoms with Crippen LogP contribution < -0.4 is 0 Å². The van der Waals surface area contributed by atoms with E-state index < -0.39 is 0 Å². The zero-order valence-electron chi connectivity index (χ0n) is 9.14. The normalized spacial score (nSPS) is 10.9. The number of benzene rings is 1. The predicted octanol–water partition coefficient (Wildman–Crippen LogP) is 3.34. The Kier molecular flexibility index (Phi) is 2.14. The smallest absolute Gasteiger partial charge is 0.247 e. The fraction of sp³-hybridized carbons (Fsp3) is 0.0769. The van der Waals surface area contributed by atoms with E-state index in [1.54, 1.807) is 18.3 Å². The highest BCUT2D eigenvalue weighted by atomic mass is 19.1. The molecule has 0 bridgehead atoms. The van der Waals surface area contributed by atoms with Crippen molar-refractivity contribution in [1.82, 2.24) is 9.97 Å². The zero-order valence-corrected chi connectivity index (χ0v) is 9.14. The molecule has 0 radical (unpaired) electrons. The highest BCUT2D eigenvalue weighted by Gasteiger charge is 2.10. The van der Waals surface area contributed by atoms with Crippen LogP contribution in [0.1, 0.15) is 5.56 Å². The molecule has 84 valence electrons. The Bertz CT molecular complexity index is 691. The lowest BCUT2D eigenvalue weighted by molar-refractivity contribution is 0.602. The largest absolute Gasteiger partial charge is 0.418 e. The van der Waals surface area contributed by atoms with Gasteiger partial charge in [-0.3, -0.25) is 0 Å². The third-order valence-corrected chi connectivity index (χ3v) is 2.57. The van der Waals surface area contributed by atoms with Crippen molar-refractivity contribution < 1.29 is 8.81 Å². The van der Waals surface area contributed by atoms with Crippen molar-refractivity contribution in [2.24, 2.45) is 0 Å². The van der Waals surface area contributed by atoms with Crippen LogP contribution in [0.2, 0.25) is 0 Å². The van der Waals surface area contributed by atoms with Gasteiger partial charge < -0.3 is 4.42 Å². The van der Waals surface area contributed by atoms with Crippen LogP contribution in [0, 0.1) is 12.7 Å². The zero-order chi connectivity index (χ0) is 11.8. The monoisotopic (exact) mass is 228 g/mol. The molecule has 4 heteroatoms. The lowest BCUT2D eigenvalue weighted by Crippen LogP contribution is -1.80. The van der Waals surface area contributed by atoms with Gasteiger partial charge in [-0.15, -0.1) is 0 Å². The van der Waals surface area contributed by atoms with E-state index in [2.05, 4.69) is 9.97 Å². The Morgan fingerprint density at radius 2 is 2.12 bits per heavy atom. The molecule has 0 aliphatic heterocycles. The number of aromatic nitrogens is 2.